The highest BCUT2D eigenvalue weighted by Crippen LogP contribution is 2.16. The van der Waals surface area contributed by atoms with Gasteiger partial charge in [-0.15, -0.1) is 12.4 Å². The van der Waals surface area contributed by atoms with Gasteiger partial charge in [-0.25, -0.2) is 0 Å². The molecule has 12 heavy (non-hydrogen) atoms. The Morgan fingerprint density at radius 2 is 2.17 bits per heavy atom. The number of aryl methyl sites for hydroxylation is 1. The maximum atomic E-state index is 4.36. The predicted octanol–water partition coefficient (Wildman–Crippen LogP) is 1.50. The van der Waals surface area contributed by atoms with E-state index in [1.54, 1.807) is 0 Å². The van der Waals surface area contributed by atoms with Crippen LogP contribution >= 0.6 is 12.4 Å². The quantitative estimate of drug-likeness (QED) is 0.716. The molecular formula is C9H13ClN2. The number of nitrogens with zero attached hydrogens (tertiary/aromatic N) is 1. The van der Waals surface area contributed by atoms with Crippen molar-refractivity contribution in [3.63, 3.8) is 0 Å². The molecule has 2 nitrogen and oxygen atoms in total. The van der Waals surface area contributed by atoms with Gasteiger partial charge in [-0.1, -0.05) is 6.07 Å². The van der Waals surface area contributed by atoms with E-state index in [4.69, 9.17) is 0 Å². The molecule has 0 unspecified atom stereocenters. The fourth-order valence-corrected chi connectivity index (χ4v) is 1.22. The van der Waals surface area contributed by atoms with Crippen molar-refractivity contribution in [3.05, 3.63) is 29.6 Å². The van der Waals surface area contributed by atoms with Crippen LogP contribution in [-0.2, 0) is 0 Å². The molecule has 1 fully saturated rings. The van der Waals surface area contributed by atoms with Gasteiger partial charge in [-0.05, 0) is 18.6 Å². The Labute approximate surface area is 78.8 Å². The molecule has 2 heterocycles. The van der Waals surface area contributed by atoms with Crippen LogP contribution in [-0.4, -0.2) is 18.1 Å². The van der Waals surface area contributed by atoms with Crippen LogP contribution in [0.3, 0.4) is 0 Å². The summed E-state index contributed by atoms with van der Waals surface area (Å²) in [5, 5.41) is 3.23. The first-order valence-electron chi connectivity index (χ1n) is 3.99. The average Bonchev–Trinajstić information content (AvgIpc) is 1.90. The van der Waals surface area contributed by atoms with Crippen LogP contribution < -0.4 is 5.32 Å². The topological polar surface area (TPSA) is 24.9 Å². The second kappa shape index (κ2) is 3.87. The molecule has 1 aliphatic rings. The van der Waals surface area contributed by atoms with Crippen molar-refractivity contribution >= 4 is 12.4 Å². The monoisotopic (exact) mass is 184 g/mol. The maximum absolute atomic E-state index is 4.36. The summed E-state index contributed by atoms with van der Waals surface area (Å²) >= 11 is 0. The Bertz CT molecular complexity index is 241. The second-order valence-electron chi connectivity index (χ2n) is 3.12. The van der Waals surface area contributed by atoms with Crippen LogP contribution in [0.2, 0.25) is 0 Å². The third kappa shape index (κ3) is 1.76. The summed E-state index contributed by atoms with van der Waals surface area (Å²) in [6, 6.07) is 4.25. The molecule has 0 saturated carbocycles. The molecule has 0 spiro atoms. The van der Waals surface area contributed by atoms with Crippen LogP contribution in [0, 0.1) is 6.92 Å². The maximum Gasteiger partial charge on any atom is 0.0460 e. The zero-order chi connectivity index (χ0) is 7.68. The van der Waals surface area contributed by atoms with Crippen molar-refractivity contribution in [1.82, 2.24) is 10.3 Å². The number of halogens is 1. The SMILES string of the molecule is Cc1ccc(C2CNC2)nc1.Cl. The first-order chi connectivity index (χ1) is 5.36. The molecule has 2 rings (SSSR count). The molecule has 1 aromatic rings. The van der Waals surface area contributed by atoms with Gasteiger partial charge >= 0.3 is 0 Å². The number of aromatic nitrogens is 1. The van der Waals surface area contributed by atoms with E-state index in [0.29, 0.717) is 5.92 Å². The largest absolute Gasteiger partial charge is 0.315 e. The van der Waals surface area contributed by atoms with E-state index in [-0.39, 0.29) is 12.4 Å². The molecule has 1 N–H and O–H groups in total. The minimum atomic E-state index is 0. The van der Waals surface area contributed by atoms with Gasteiger partial charge in [0.15, 0.2) is 0 Å². The molecule has 0 amide bonds. The lowest BCUT2D eigenvalue weighted by Crippen LogP contribution is -2.40. The zero-order valence-electron chi connectivity index (χ0n) is 7.08. The van der Waals surface area contributed by atoms with E-state index < -0.39 is 0 Å². The van der Waals surface area contributed by atoms with Crippen molar-refractivity contribution in [3.8, 4) is 0 Å². The number of hydrogen-bond donors (Lipinski definition) is 1. The lowest BCUT2D eigenvalue weighted by Gasteiger charge is -2.26. The fourth-order valence-electron chi connectivity index (χ4n) is 1.22. The standard InChI is InChI=1S/C9H12N2.ClH/c1-7-2-3-9(11-4-7)8-5-10-6-8;/h2-4,8,10H,5-6H2,1H3;1H. The third-order valence-corrected chi connectivity index (χ3v) is 2.13. The van der Waals surface area contributed by atoms with Gasteiger partial charge in [0.05, 0.1) is 0 Å². The van der Waals surface area contributed by atoms with Crippen LogP contribution in [0.25, 0.3) is 0 Å². The lowest BCUT2D eigenvalue weighted by molar-refractivity contribution is 0.440. The Morgan fingerprint density at radius 1 is 1.42 bits per heavy atom. The van der Waals surface area contributed by atoms with Crippen molar-refractivity contribution in [2.45, 2.75) is 12.8 Å². The van der Waals surface area contributed by atoms with E-state index in [0.717, 1.165) is 13.1 Å². The molecule has 3 heteroatoms. The van der Waals surface area contributed by atoms with Gasteiger partial charge in [0.1, 0.15) is 0 Å². The van der Waals surface area contributed by atoms with Gasteiger partial charge in [-0.3, -0.25) is 4.98 Å². The van der Waals surface area contributed by atoms with Crippen LogP contribution in [0.4, 0.5) is 0 Å². The van der Waals surface area contributed by atoms with E-state index in [1.807, 2.05) is 6.20 Å². The molecule has 0 bridgehead atoms. The van der Waals surface area contributed by atoms with E-state index in [9.17, 15) is 0 Å². The van der Waals surface area contributed by atoms with Crippen LogP contribution in [0.15, 0.2) is 18.3 Å². The smallest absolute Gasteiger partial charge is 0.0460 e. The summed E-state index contributed by atoms with van der Waals surface area (Å²) < 4.78 is 0. The average molecular weight is 185 g/mol. The normalized spacial score (nSPS) is 16.4. The third-order valence-electron chi connectivity index (χ3n) is 2.13. The molecular weight excluding hydrogens is 172 g/mol. The van der Waals surface area contributed by atoms with Gasteiger partial charge in [-0.2, -0.15) is 0 Å². The molecule has 1 saturated heterocycles. The number of rotatable bonds is 1. The van der Waals surface area contributed by atoms with E-state index >= 15 is 0 Å². The van der Waals surface area contributed by atoms with Crippen LogP contribution in [0.1, 0.15) is 17.2 Å². The highest BCUT2D eigenvalue weighted by molar-refractivity contribution is 5.85. The summed E-state index contributed by atoms with van der Waals surface area (Å²) in [7, 11) is 0. The summed E-state index contributed by atoms with van der Waals surface area (Å²) in [4.78, 5) is 4.36. The Hall–Kier alpha value is -0.600. The molecule has 1 aromatic heterocycles. The van der Waals surface area contributed by atoms with Gasteiger partial charge in [0.2, 0.25) is 0 Å². The van der Waals surface area contributed by atoms with E-state index in [1.165, 1.54) is 11.3 Å². The first-order valence-corrected chi connectivity index (χ1v) is 3.99. The number of nitrogens with one attached hydrogen (secondary N) is 1. The fraction of sp³-hybridized carbons (Fsp3) is 0.444. The summed E-state index contributed by atoms with van der Waals surface area (Å²) in [6.07, 6.45) is 1.94. The zero-order valence-corrected chi connectivity index (χ0v) is 7.90. The molecule has 0 aliphatic carbocycles. The Balaban J connectivity index is 0.000000720. The molecule has 0 radical (unpaired) electrons. The highest BCUT2D eigenvalue weighted by atomic mass is 35.5. The number of pyridine rings is 1. The van der Waals surface area contributed by atoms with Crippen molar-refractivity contribution < 1.29 is 0 Å². The molecule has 1 aliphatic heterocycles. The van der Waals surface area contributed by atoms with Crippen LogP contribution in [0.5, 0.6) is 0 Å². The van der Waals surface area contributed by atoms with Gasteiger partial charge in [0.25, 0.3) is 0 Å². The van der Waals surface area contributed by atoms with E-state index in [2.05, 4.69) is 29.4 Å². The van der Waals surface area contributed by atoms with Crippen molar-refractivity contribution in [2.75, 3.05) is 13.1 Å². The Morgan fingerprint density at radius 3 is 2.58 bits per heavy atom. The number of hydrogen-bond acceptors (Lipinski definition) is 2. The van der Waals surface area contributed by atoms with Crippen molar-refractivity contribution in [1.29, 1.82) is 0 Å². The Kier molecular flexibility index (Phi) is 3.06. The minimum absolute atomic E-state index is 0. The second-order valence-corrected chi connectivity index (χ2v) is 3.12. The van der Waals surface area contributed by atoms with Crippen molar-refractivity contribution in [2.24, 2.45) is 0 Å². The summed E-state index contributed by atoms with van der Waals surface area (Å²) in [5.41, 5.74) is 2.47. The van der Waals surface area contributed by atoms with Gasteiger partial charge < -0.3 is 5.32 Å². The predicted molar refractivity (Wildman–Crippen MR) is 51.8 cm³/mol. The summed E-state index contributed by atoms with van der Waals surface area (Å²) in [6.45, 7) is 4.25. The highest BCUT2D eigenvalue weighted by Gasteiger charge is 2.19. The molecule has 66 valence electrons. The minimum Gasteiger partial charge on any atom is -0.315 e. The molecule has 0 atom stereocenters. The lowest BCUT2D eigenvalue weighted by atomic mass is 9.98. The van der Waals surface area contributed by atoms with Gasteiger partial charge in [0, 0.05) is 30.9 Å². The molecule has 0 aromatic carbocycles. The first kappa shape index (κ1) is 9.49. The summed E-state index contributed by atoms with van der Waals surface area (Å²) in [5.74, 6) is 0.663.